The van der Waals surface area contributed by atoms with Gasteiger partial charge in [-0.25, -0.2) is 0 Å². The van der Waals surface area contributed by atoms with Gasteiger partial charge >= 0.3 is 0 Å². The van der Waals surface area contributed by atoms with Gasteiger partial charge in [0.1, 0.15) is 0 Å². The van der Waals surface area contributed by atoms with Crippen molar-refractivity contribution in [3.63, 3.8) is 0 Å². The van der Waals surface area contributed by atoms with Crippen LogP contribution in [0.15, 0.2) is 109 Å². The van der Waals surface area contributed by atoms with E-state index in [0.717, 1.165) is 0 Å². The maximum atomic E-state index is 4.50. The van der Waals surface area contributed by atoms with Gasteiger partial charge in [-0.2, -0.15) is 0 Å². The van der Waals surface area contributed by atoms with Crippen LogP contribution in [0.3, 0.4) is 0 Å². The Balaban J connectivity index is -0.0000000270. The van der Waals surface area contributed by atoms with Gasteiger partial charge in [0.15, 0.2) is 0 Å². The maximum Gasteiger partial charge on any atom is 0.0606 e. The summed E-state index contributed by atoms with van der Waals surface area (Å²) in [7, 11) is 4.50. The molecule has 0 bridgehead atoms. The molecular formula is C51H108BN. The lowest BCUT2D eigenvalue weighted by Crippen LogP contribution is -1.67. The summed E-state index contributed by atoms with van der Waals surface area (Å²) in [5.74, 6) is 0. The van der Waals surface area contributed by atoms with Crippen LogP contribution in [0.4, 0.5) is 0 Å². The van der Waals surface area contributed by atoms with Crippen LogP contribution >= 0.6 is 0 Å². The maximum absolute atomic E-state index is 4.50. The molecule has 0 aliphatic rings. The number of rotatable bonds is 0. The van der Waals surface area contributed by atoms with Gasteiger partial charge in [0, 0.05) is 12.4 Å². The highest BCUT2D eigenvalue weighted by Gasteiger charge is 1.85. The highest BCUT2D eigenvalue weighted by atomic mass is 14.6. The Morgan fingerprint density at radius 1 is 0.264 bits per heavy atom. The fourth-order valence-electron chi connectivity index (χ4n) is 1.98. The quantitative estimate of drug-likeness (QED) is 0.163. The second-order valence-corrected chi connectivity index (χ2v) is 5.03. The number of pyridine rings is 1. The summed E-state index contributed by atoms with van der Waals surface area (Å²) in [4.78, 5) is 3.78. The van der Waals surface area contributed by atoms with E-state index in [-0.39, 0.29) is 0 Å². The molecule has 3 aromatic carbocycles. The van der Waals surface area contributed by atoms with Crippen LogP contribution in [0.25, 0.3) is 10.8 Å². The van der Waals surface area contributed by atoms with Crippen LogP contribution in [0, 0.1) is 6.92 Å². The van der Waals surface area contributed by atoms with Gasteiger partial charge < -0.3 is 0 Å². The minimum atomic E-state index is 1.31. The minimum Gasteiger partial charge on any atom is -0.265 e. The smallest absolute Gasteiger partial charge is 0.0606 e. The van der Waals surface area contributed by atoms with Crippen LogP contribution < -0.4 is 0 Å². The number of nitrogens with zero attached hydrogens (tertiary/aromatic N) is 1. The van der Waals surface area contributed by atoms with E-state index < -0.39 is 0 Å². The van der Waals surface area contributed by atoms with E-state index in [1.807, 2.05) is 230 Å². The molecule has 4 aromatic rings. The molecule has 0 aliphatic heterocycles. The summed E-state index contributed by atoms with van der Waals surface area (Å²) in [5, 5.41) is 2.62. The zero-order valence-corrected chi connectivity index (χ0v) is 42.9. The molecule has 0 saturated carbocycles. The third kappa shape index (κ3) is 129. The van der Waals surface area contributed by atoms with E-state index in [1.165, 1.54) is 23.2 Å². The molecule has 0 aliphatic carbocycles. The average Bonchev–Trinajstić information content (AvgIpc) is 3.35. The molecule has 0 saturated heterocycles. The standard InChI is InChI=1S/C10H8.C7H8.C5H5N.14C2H6.CH3B/c1-2-6-10-8-4-3-7-9(10)5-1;1-7-5-3-2-4-6-7;1-2-4-6-5-3-1;15*1-2/h1-8H;2-6H,1H3;1-5H;14*1-2H3;1H3. The van der Waals surface area contributed by atoms with Gasteiger partial charge in [0.05, 0.1) is 7.85 Å². The van der Waals surface area contributed by atoms with E-state index in [2.05, 4.69) is 80.4 Å². The van der Waals surface area contributed by atoms with E-state index >= 15 is 0 Å². The lowest BCUT2D eigenvalue weighted by Gasteiger charge is -1.92. The second kappa shape index (κ2) is 180. The third-order valence-electron chi connectivity index (χ3n) is 3.17. The fraction of sp³-hybridized carbons (Fsp3) is 0.588. The molecule has 0 atom stereocenters. The summed E-state index contributed by atoms with van der Waals surface area (Å²) in [6.07, 6.45) is 3.50. The van der Waals surface area contributed by atoms with Gasteiger partial charge in [-0.15, -0.1) is 0 Å². The number of fused-ring (bicyclic) bond motifs is 1. The van der Waals surface area contributed by atoms with Crippen molar-refractivity contribution >= 4 is 18.6 Å². The number of hydrogen-bond donors (Lipinski definition) is 0. The number of hydrogen-bond acceptors (Lipinski definition) is 1. The van der Waals surface area contributed by atoms with Gasteiger partial charge in [0.25, 0.3) is 0 Å². The largest absolute Gasteiger partial charge is 0.265 e. The molecule has 1 heterocycles. The first-order valence-electron chi connectivity index (χ1n) is 22.2. The molecular weight excluding hydrogens is 637 g/mol. The van der Waals surface area contributed by atoms with Crippen LogP contribution in [0.1, 0.15) is 199 Å². The first-order chi connectivity index (χ1) is 26.4. The molecule has 320 valence electrons. The predicted molar refractivity (Wildman–Crippen MR) is 270 cm³/mol. The Morgan fingerprint density at radius 3 is 0.547 bits per heavy atom. The van der Waals surface area contributed by atoms with Crippen LogP contribution in [-0.2, 0) is 0 Å². The Morgan fingerprint density at radius 2 is 0.434 bits per heavy atom. The van der Waals surface area contributed by atoms with E-state index in [0.29, 0.717) is 0 Å². The molecule has 1 aromatic heterocycles. The van der Waals surface area contributed by atoms with E-state index in [9.17, 15) is 0 Å². The molecule has 0 N–H and O–H groups in total. The minimum absolute atomic E-state index is 1.31. The predicted octanol–water partition coefficient (Wildman–Crippen LogP) is 20.5. The summed E-state index contributed by atoms with van der Waals surface area (Å²) in [6.45, 7) is 59.6. The second-order valence-electron chi connectivity index (χ2n) is 5.03. The highest BCUT2D eigenvalue weighted by molar-refractivity contribution is 6.05. The Labute approximate surface area is 345 Å². The van der Waals surface area contributed by atoms with Crippen molar-refractivity contribution in [3.05, 3.63) is 115 Å². The molecule has 0 spiro atoms. The van der Waals surface area contributed by atoms with Crippen LogP contribution in [0.5, 0.6) is 0 Å². The Hall–Kier alpha value is -2.87. The summed E-state index contributed by atoms with van der Waals surface area (Å²) in [5.41, 5.74) is 1.32. The van der Waals surface area contributed by atoms with Crippen molar-refractivity contribution in [2.75, 3.05) is 0 Å². The monoisotopic (exact) mass is 746 g/mol. The zero-order valence-electron chi connectivity index (χ0n) is 42.9. The zero-order chi connectivity index (χ0) is 46.2. The first-order valence-corrected chi connectivity index (χ1v) is 22.2. The van der Waals surface area contributed by atoms with Crippen molar-refractivity contribution in [3.8, 4) is 0 Å². The fourth-order valence-corrected chi connectivity index (χ4v) is 1.98. The Bertz CT molecular complexity index is 696. The normalized spacial score (nSPS) is 5.62. The topological polar surface area (TPSA) is 12.9 Å². The van der Waals surface area contributed by atoms with E-state index in [4.69, 9.17) is 0 Å². The molecule has 0 unspecified atom stereocenters. The summed E-state index contributed by atoms with van der Waals surface area (Å²) >= 11 is 0. The van der Waals surface area contributed by atoms with Crippen LogP contribution in [0.2, 0.25) is 6.82 Å². The van der Waals surface area contributed by atoms with Gasteiger partial charge in [-0.05, 0) is 29.8 Å². The van der Waals surface area contributed by atoms with Crippen molar-refractivity contribution < 1.29 is 0 Å². The SMILES string of the molecule is CC.CC.CC.CC.CC.CC.CC.CC.CC.CC.CC.CC.CC.CC.Cc1ccccc1.[B]C.c1ccc2ccccc2c1.c1ccncc1. The molecule has 1 nitrogen and oxygen atoms in total. The Kier molecular flexibility index (Phi) is 315. The van der Waals surface area contributed by atoms with Gasteiger partial charge in [0.2, 0.25) is 0 Å². The first kappa shape index (κ1) is 92.7. The number of benzene rings is 3. The average molecular weight is 746 g/mol. The third-order valence-corrected chi connectivity index (χ3v) is 3.17. The van der Waals surface area contributed by atoms with Crippen molar-refractivity contribution in [2.24, 2.45) is 0 Å². The van der Waals surface area contributed by atoms with E-state index in [1.54, 1.807) is 12.4 Å². The van der Waals surface area contributed by atoms with Crippen molar-refractivity contribution in [1.29, 1.82) is 0 Å². The molecule has 2 radical (unpaired) electrons. The van der Waals surface area contributed by atoms with Gasteiger partial charge in [-0.3, -0.25) is 4.98 Å². The lowest BCUT2D eigenvalue weighted by atomic mass is 10.1. The van der Waals surface area contributed by atoms with Crippen molar-refractivity contribution in [1.82, 2.24) is 4.98 Å². The summed E-state index contributed by atoms with van der Waals surface area (Å²) in [6, 6.07) is 32.7. The molecule has 53 heavy (non-hydrogen) atoms. The highest BCUT2D eigenvalue weighted by Crippen LogP contribution is 2.11. The molecule has 0 fully saturated rings. The van der Waals surface area contributed by atoms with Crippen molar-refractivity contribution in [2.45, 2.75) is 208 Å². The number of aromatic nitrogens is 1. The molecule has 2 heteroatoms. The lowest BCUT2D eigenvalue weighted by molar-refractivity contribution is 1.33. The van der Waals surface area contributed by atoms with Gasteiger partial charge in [-0.1, -0.05) is 291 Å². The summed E-state index contributed by atoms with van der Waals surface area (Å²) < 4.78 is 0. The van der Waals surface area contributed by atoms with Crippen LogP contribution in [-0.4, -0.2) is 12.8 Å². The molecule has 0 amide bonds. The molecule has 4 rings (SSSR count). The number of aryl methyl sites for hydroxylation is 1.